The van der Waals surface area contributed by atoms with Crippen LogP contribution in [0.3, 0.4) is 0 Å². The summed E-state index contributed by atoms with van der Waals surface area (Å²) < 4.78 is 25.6. The zero-order valence-corrected chi connectivity index (χ0v) is 10.7. The summed E-state index contributed by atoms with van der Waals surface area (Å²) in [4.78, 5) is 2.06. The van der Waals surface area contributed by atoms with Gasteiger partial charge in [-0.3, -0.25) is 4.31 Å². The second-order valence-electron chi connectivity index (χ2n) is 4.09. The van der Waals surface area contributed by atoms with Crippen LogP contribution in [0.2, 0.25) is 0 Å². The van der Waals surface area contributed by atoms with Crippen LogP contribution in [0.1, 0.15) is 0 Å². The first-order valence-electron chi connectivity index (χ1n) is 5.57. The maximum atomic E-state index is 12.1. The van der Waals surface area contributed by atoms with E-state index in [0.717, 1.165) is 11.4 Å². The van der Waals surface area contributed by atoms with Crippen molar-refractivity contribution in [3.63, 3.8) is 0 Å². The predicted molar refractivity (Wildman–Crippen MR) is 69.9 cm³/mol. The molecule has 0 atom stereocenters. The van der Waals surface area contributed by atoms with E-state index < -0.39 is 10.0 Å². The minimum Gasteiger partial charge on any atom is -0.371 e. The van der Waals surface area contributed by atoms with Crippen LogP contribution in [0.4, 0.5) is 11.4 Å². The molecule has 1 aliphatic rings. The molecule has 1 heterocycles. The van der Waals surface area contributed by atoms with E-state index in [1.807, 2.05) is 31.3 Å². The summed E-state index contributed by atoms with van der Waals surface area (Å²) in [6.45, 7) is 1.33. The second kappa shape index (κ2) is 4.54. The average Bonchev–Trinajstić information content (AvgIpc) is 2.29. The molecule has 6 heteroatoms. The van der Waals surface area contributed by atoms with Gasteiger partial charge in [0.25, 0.3) is 0 Å². The maximum absolute atomic E-state index is 12.1. The fourth-order valence-corrected chi connectivity index (χ4v) is 3.36. The largest absolute Gasteiger partial charge is 0.371 e. The lowest BCUT2D eigenvalue weighted by Crippen LogP contribution is -2.44. The van der Waals surface area contributed by atoms with E-state index in [4.69, 9.17) is 5.73 Å². The molecule has 0 aliphatic carbocycles. The Morgan fingerprint density at radius 1 is 1.24 bits per heavy atom. The lowest BCUT2D eigenvalue weighted by Gasteiger charge is -2.36. The lowest BCUT2D eigenvalue weighted by molar-refractivity contribution is 0.589. The fraction of sp³-hybridized carbons (Fsp3) is 0.455. The average molecular weight is 255 g/mol. The Balaban J connectivity index is 2.43. The quantitative estimate of drug-likeness (QED) is 0.839. The number of benzene rings is 1. The topological polar surface area (TPSA) is 66.6 Å². The minimum atomic E-state index is -3.29. The summed E-state index contributed by atoms with van der Waals surface area (Å²) in [5, 5.41) is 0. The summed E-state index contributed by atoms with van der Waals surface area (Å²) in [6, 6.07) is 7.52. The molecule has 17 heavy (non-hydrogen) atoms. The van der Waals surface area contributed by atoms with Crippen LogP contribution < -0.4 is 14.9 Å². The number of anilines is 2. The van der Waals surface area contributed by atoms with E-state index >= 15 is 0 Å². The Morgan fingerprint density at radius 2 is 1.88 bits per heavy atom. The number of fused-ring (bicyclic) bond motifs is 1. The van der Waals surface area contributed by atoms with E-state index in [2.05, 4.69) is 4.90 Å². The van der Waals surface area contributed by atoms with Crippen LogP contribution >= 0.6 is 0 Å². The zero-order valence-electron chi connectivity index (χ0n) is 9.83. The van der Waals surface area contributed by atoms with Crippen molar-refractivity contribution in [2.24, 2.45) is 5.73 Å². The van der Waals surface area contributed by atoms with E-state index in [-0.39, 0.29) is 12.3 Å². The van der Waals surface area contributed by atoms with Crippen LogP contribution in [-0.4, -0.2) is 40.9 Å². The van der Waals surface area contributed by atoms with Gasteiger partial charge in [0.2, 0.25) is 10.0 Å². The van der Waals surface area contributed by atoms with Gasteiger partial charge in [-0.15, -0.1) is 0 Å². The molecule has 1 aliphatic heterocycles. The smallest absolute Gasteiger partial charge is 0.236 e. The van der Waals surface area contributed by atoms with Crippen LogP contribution in [0.15, 0.2) is 24.3 Å². The van der Waals surface area contributed by atoms with Gasteiger partial charge in [-0.1, -0.05) is 12.1 Å². The van der Waals surface area contributed by atoms with Gasteiger partial charge < -0.3 is 10.6 Å². The number of hydrogen-bond acceptors (Lipinski definition) is 4. The SMILES string of the molecule is CN1CCN(S(=O)(=O)CCN)c2ccccc21. The third-order valence-electron chi connectivity index (χ3n) is 2.91. The van der Waals surface area contributed by atoms with Gasteiger partial charge in [-0.2, -0.15) is 0 Å². The molecule has 1 aromatic rings. The Hall–Kier alpha value is -1.27. The summed E-state index contributed by atoms with van der Waals surface area (Å²) in [5.74, 6) is -0.00888. The number of nitrogens with two attached hydrogens (primary N) is 1. The molecule has 0 spiro atoms. The number of likely N-dealkylation sites (N-methyl/N-ethyl adjacent to an activating group) is 1. The van der Waals surface area contributed by atoms with E-state index in [0.29, 0.717) is 13.1 Å². The number of rotatable bonds is 3. The molecule has 0 amide bonds. The van der Waals surface area contributed by atoms with Gasteiger partial charge in [-0.25, -0.2) is 8.42 Å². The highest BCUT2D eigenvalue weighted by Crippen LogP contribution is 2.33. The molecule has 0 saturated carbocycles. The van der Waals surface area contributed by atoms with E-state index in [9.17, 15) is 8.42 Å². The third kappa shape index (κ3) is 2.23. The summed E-state index contributed by atoms with van der Waals surface area (Å²) in [7, 11) is -1.32. The highest BCUT2D eigenvalue weighted by atomic mass is 32.2. The summed E-state index contributed by atoms with van der Waals surface area (Å²) in [6.07, 6.45) is 0. The molecule has 0 bridgehead atoms. The monoisotopic (exact) mass is 255 g/mol. The molecule has 94 valence electrons. The number of sulfonamides is 1. The Labute approximate surface area is 102 Å². The molecular formula is C11H17N3O2S. The highest BCUT2D eigenvalue weighted by molar-refractivity contribution is 7.92. The first-order valence-corrected chi connectivity index (χ1v) is 7.18. The van der Waals surface area contributed by atoms with Crippen LogP contribution in [0, 0.1) is 0 Å². The van der Waals surface area contributed by atoms with Crippen molar-refractivity contribution in [1.29, 1.82) is 0 Å². The molecule has 5 nitrogen and oxygen atoms in total. The molecular weight excluding hydrogens is 238 g/mol. The van der Waals surface area contributed by atoms with Crippen molar-refractivity contribution in [1.82, 2.24) is 0 Å². The van der Waals surface area contributed by atoms with Crippen LogP contribution in [-0.2, 0) is 10.0 Å². The van der Waals surface area contributed by atoms with Gasteiger partial charge in [-0.05, 0) is 12.1 Å². The van der Waals surface area contributed by atoms with Crippen molar-refractivity contribution >= 4 is 21.4 Å². The second-order valence-corrected chi connectivity index (χ2v) is 6.10. The van der Waals surface area contributed by atoms with E-state index in [1.165, 1.54) is 4.31 Å². The highest BCUT2D eigenvalue weighted by Gasteiger charge is 2.28. The van der Waals surface area contributed by atoms with Crippen molar-refractivity contribution in [2.75, 3.05) is 41.6 Å². The van der Waals surface area contributed by atoms with Crippen molar-refractivity contribution in [3.05, 3.63) is 24.3 Å². The van der Waals surface area contributed by atoms with Gasteiger partial charge in [0, 0.05) is 20.1 Å². The third-order valence-corrected chi connectivity index (χ3v) is 4.71. The molecule has 2 rings (SSSR count). The zero-order chi connectivity index (χ0) is 12.5. The Kier molecular flexibility index (Phi) is 3.26. The Morgan fingerprint density at radius 3 is 2.53 bits per heavy atom. The first kappa shape index (κ1) is 12.2. The standard InChI is InChI=1S/C11H17N3O2S/c1-13-7-8-14(17(15,16)9-6-12)11-5-3-2-4-10(11)13/h2-5H,6-9,12H2,1H3. The molecule has 1 aromatic carbocycles. The molecule has 0 fully saturated rings. The van der Waals surface area contributed by atoms with Gasteiger partial charge in [0.1, 0.15) is 0 Å². The molecule has 0 saturated heterocycles. The lowest BCUT2D eigenvalue weighted by atomic mass is 10.2. The number of nitrogens with zero attached hydrogens (tertiary/aromatic N) is 2. The predicted octanol–water partition coefficient (Wildman–Crippen LogP) is 0.231. The van der Waals surface area contributed by atoms with Crippen molar-refractivity contribution < 1.29 is 8.42 Å². The van der Waals surface area contributed by atoms with Crippen molar-refractivity contribution in [2.45, 2.75) is 0 Å². The Bertz CT molecular complexity index is 501. The molecule has 2 N–H and O–H groups in total. The minimum absolute atomic E-state index is 0.00888. The summed E-state index contributed by atoms with van der Waals surface area (Å²) in [5.41, 5.74) is 7.04. The maximum Gasteiger partial charge on any atom is 0.236 e. The molecule has 0 aromatic heterocycles. The van der Waals surface area contributed by atoms with Gasteiger partial charge in [0.15, 0.2) is 0 Å². The number of para-hydroxylation sites is 2. The molecule has 0 unspecified atom stereocenters. The molecule has 0 radical (unpaired) electrons. The number of hydrogen-bond donors (Lipinski definition) is 1. The van der Waals surface area contributed by atoms with Crippen LogP contribution in [0.25, 0.3) is 0 Å². The fourth-order valence-electron chi connectivity index (χ4n) is 2.03. The van der Waals surface area contributed by atoms with Crippen LogP contribution in [0.5, 0.6) is 0 Å². The van der Waals surface area contributed by atoms with E-state index in [1.54, 1.807) is 0 Å². The van der Waals surface area contributed by atoms with Gasteiger partial charge >= 0.3 is 0 Å². The van der Waals surface area contributed by atoms with Crippen molar-refractivity contribution in [3.8, 4) is 0 Å². The first-order chi connectivity index (χ1) is 8.06. The summed E-state index contributed by atoms with van der Waals surface area (Å²) >= 11 is 0. The van der Waals surface area contributed by atoms with Gasteiger partial charge in [0.05, 0.1) is 23.7 Å². The normalized spacial score (nSPS) is 15.9.